The molecule has 0 bridgehead atoms. The Hall–Kier alpha value is -0.740. The first kappa shape index (κ1) is 12.7. The summed E-state index contributed by atoms with van der Waals surface area (Å²) in [6.07, 6.45) is -4.84. The van der Waals surface area contributed by atoms with Gasteiger partial charge in [-0.1, -0.05) is 0 Å². The van der Waals surface area contributed by atoms with Gasteiger partial charge in [-0.25, -0.2) is 4.79 Å². The average molecular weight is 372 g/mol. The molecule has 20 atom stereocenters. The molecule has 12 aliphatic carbocycles. The lowest BCUT2D eigenvalue weighted by Crippen LogP contribution is -2.49. The second-order valence-corrected chi connectivity index (χ2v) is 12.6. The predicted molar refractivity (Wildman–Crippen MR) is 81.2 cm³/mol. The molecule has 0 saturated heterocycles. The number of ether oxygens (including phenoxy) is 1. The van der Waals surface area contributed by atoms with Crippen molar-refractivity contribution in [3.8, 4) is 0 Å². The zero-order chi connectivity index (χ0) is 17.3. The maximum atomic E-state index is 13.3. The molecule has 0 radical (unpaired) electrons. The highest BCUT2D eigenvalue weighted by Gasteiger charge is 3.03. The Labute approximate surface area is 153 Å². The molecule has 0 aromatic carbocycles. The molecular weight excluding hydrogens is 353 g/mol. The van der Waals surface area contributed by atoms with E-state index in [0.717, 1.165) is 59.2 Å². The highest BCUT2D eigenvalue weighted by atomic mass is 19.4. The van der Waals surface area contributed by atoms with E-state index in [9.17, 15) is 18.0 Å². The summed E-state index contributed by atoms with van der Waals surface area (Å²) in [5.74, 6) is 11.6. The molecule has 0 N–H and O–H groups in total. The molecule has 27 heavy (non-hydrogen) atoms. The quantitative estimate of drug-likeness (QED) is 0.662. The van der Waals surface area contributed by atoms with Crippen LogP contribution >= 0.6 is 0 Å². The second-order valence-electron chi connectivity index (χ2n) is 12.6. The number of hydrogen-bond donors (Lipinski definition) is 0. The third-order valence-corrected chi connectivity index (χ3v) is 13.9. The second kappa shape index (κ2) is 2.85. The van der Waals surface area contributed by atoms with Crippen LogP contribution in [0.4, 0.5) is 13.2 Å². The largest absolute Gasteiger partial charge is 0.490 e. The summed E-state index contributed by atoms with van der Waals surface area (Å²) in [5.41, 5.74) is -0.690. The highest BCUT2D eigenvalue weighted by Crippen LogP contribution is 3.03. The van der Waals surface area contributed by atoms with Crippen LogP contribution in [0.2, 0.25) is 0 Å². The number of carbonyl (C=O) groups is 1. The van der Waals surface area contributed by atoms with E-state index in [1.165, 1.54) is 0 Å². The van der Waals surface area contributed by atoms with Gasteiger partial charge in [0.1, 0.15) is 5.60 Å². The molecule has 5 heteroatoms. The summed E-state index contributed by atoms with van der Waals surface area (Å²) >= 11 is 0. The number of hydrogen-bond acceptors (Lipinski definition) is 2. The summed E-state index contributed by atoms with van der Waals surface area (Å²) in [6, 6.07) is 0. The van der Waals surface area contributed by atoms with Gasteiger partial charge >= 0.3 is 12.1 Å². The van der Waals surface area contributed by atoms with Crippen LogP contribution in [0.5, 0.6) is 0 Å². The zero-order valence-corrected chi connectivity index (χ0v) is 14.4. The third kappa shape index (κ3) is 0.736. The number of carbonyl (C=O) groups excluding carboxylic acids is 1. The van der Waals surface area contributed by atoms with E-state index in [1.54, 1.807) is 0 Å². The summed E-state index contributed by atoms with van der Waals surface area (Å²) in [7, 11) is 0. The minimum atomic E-state index is -4.84. The summed E-state index contributed by atoms with van der Waals surface area (Å²) in [6.45, 7) is 0. The van der Waals surface area contributed by atoms with Gasteiger partial charge in [0.2, 0.25) is 0 Å². The van der Waals surface area contributed by atoms with Crippen LogP contribution in [0.25, 0.3) is 0 Å². The molecule has 0 spiro atoms. The van der Waals surface area contributed by atoms with Crippen LogP contribution in [0, 0.1) is 112 Å². The van der Waals surface area contributed by atoms with Crippen molar-refractivity contribution in [2.24, 2.45) is 112 Å². The highest BCUT2D eigenvalue weighted by molar-refractivity contribution is 5.76. The average Bonchev–Trinajstić information content (AvgIpc) is 3.30. The Morgan fingerprint density at radius 3 is 1.07 bits per heavy atom. The first-order valence-electron chi connectivity index (χ1n) is 11.3. The number of halogens is 3. The van der Waals surface area contributed by atoms with Crippen LogP contribution in [-0.4, -0.2) is 17.7 Å². The van der Waals surface area contributed by atoms with E-state index in [4.69, 9.17) is 4.74 Å². The fraction of sp³-hybridized carbons (Fsp3) is 0.955. The first-order valence-corrected chi connectivity index (χ1v) is 11.3. The summed E-state index contributed by atoms with van der Waals surface area (Å²) in [4.78, 5) is 12.2. The van der Waals surface area contributed by atoms with Crippen molar-refractivity contribution in [2.45, 2.75) is 11.8 Å². The van der Waals surface area contributed by atoms with E-state index in [1.807, 2.05) is 0 Å². The van der Waals surface area contributed by atoms with Gasteiger partial charge in [0, 0.05) is 17.8 Å². The molecule has 12 rings (SSSR count). The Balaban J connectivity index is 1.26. The summed E-state index contributed by atoms with van der Waals surface area (Å²) in [5, 5.41) is 0. The van der Waals surface area contributed by atoms with Gasteiger partial charge in [0.25, 0.3) is 0 Å². The van der Waals surface area contributed by atoms with Crippen LogP contribution in [0.15, 0.2) is 0 Å². The lowest BCUT2D eigenvalue weighted by Gasteiger charge is -2.39. The van der Waals surface area contributed by atoms with Crippen LogP contribution < -0.4 is 0 Å². The molecule has 0 amide bonds. The van der Waals surface area contributed by atoms with Crippen LogP contribution in [-0.2, 0) is 9.53 Å². The van der Waals surface area contributed by atoms with Gasteiger partial charge < -0.3 is 4.74 Å². The van der Waals surface area contributed by atoms with Crippen molar-refractivity contribution in [3.63, 3.8) is 0 Å². The van der Waals surface area contributed by atoms with E-state index < -0.39 is 17.7 Å². The molecule has 0 aliphatic heterocycles. The van der Waals surface area contributed by atoms with E-state index in [0.29, 0.717) is 53.3 Å². The molecule has 12 aliphatic rings. The molecule has 140 valence electrons. The third-order valence-electron chi connectivity index (χ3n) is 13.9. The molecule has 0 aromatic rings. The lowest BCUT2D eigenvalue weighted by molar-refractivity contribution is -0.223. The maximum absolute atomic E-state index is 13.3. The molecule has 8 unspecified atom stereocenters. The fourth-order valence-electron chi connectivity index (χ4n) is 15.8. The molecule has 12 saturated carbocycles. The van der Waals surface area contributed by atoms with Crippen molar-refractivity contribution in [2.75, 3.05) is 0 Å². The molecule has 0 aromatic heterocycles. The van der Waals surface area contributed by atoms with Crippen LogP contribution in [0.3, 0.4) is 0 Å². The summed E-state index contributed by atoms with van der Waals surface area (Å²) < 4.78 is 45.8. The topological polar surface area (TPSA) is 26.3 Å². The van der Waals surface area contributed by atoms with E-state index in [2.05, 4.69) is 0 Å². The SMILES string of the molecule is O=C(OC12C3[C@@H]4[C@@H]5C6C7C8[C@@H]9[C@@H]6[C@@H]4C1[C@H]9[C@H]1C2[C@H]2[C@@H](C7[C@@H]5[C@@H]32)[C@H]81)C(F)(F)F. The molecule has 0 heterocycles. The normalized spacial score (nSPS) is 86.3. The van der Waals surface area contributed by atoms with E-state index >= 15 is 0 Å². The standard InChI is InChI=1S/C22H19F3O2/c23-22(24,25)20(26)27-21-17-11-5-2-1-3-7(5)13(17)15-9(3)10-4(1)8-6(2)12(11)18(21)14(8)16(10)19(15)21/h1-19H/t1?,2?,3?,4?,5-,6-,7-,8+,9+,10+,11-,12+,13-,14+,15+,16-,17?,18?,19?,21?/m0/s1. The predicted octanol–water partition coefficient (Wildman–Crippen LogP) is 2.69. The van der Waals surface area contributed by atoms with Crippen molar-refractivity contribution < 1.29 is 22.7 Å². The Bertz CT molecular complexity index is 812. The van der Waals surface area contributed by atoms with Gasteiger partial charge in [-0.2, -0.15) is 13.2 Å². The number of rotatable bonds is 1. The monoisotopic (exact) mass is 372 g/mol. The van der Waals surface area contributed by atoms with Gasteiger partial charge in [0.15, 0.2) is 0 Å². The maximum Gasteiger partial charge on any atom is 0.490 e. The van der Waals surface area contributed by atoms with Crippen molar-refractivity contribution in [1.29, 1.82) is 0 Å². The van der Waals surface area contributed by atoms with Crippen molar-refractivity contribution in [1.82, 2.24) is 0 Å². The van der Waals surface area contributed by atoms with Gasteiger partial charge in [-0.15, -0.1) is 0 Å². The molecule has 2 nitrogen and oxygen atoms in total. The smallest absolute Gasteiger partial charge is 0.451 e. The minimum absolute atomic E-state index is 0.314. The van der Waals surface area contributed by atoms with Crippen molar-refractivity contribution in [3.05, 3.63) is 0 Å². The molecule has 12 fully saturated rings. The Morgan fingerprint density at radius 2 is 0.815 bits per heavy atom. The van der Waals surface area contributed by atoms with Gasteiger partial charge in [0.05, 0.1) is 0 Å². The number of alkyl halides is 3. The van der Waals surface area contributed by atoms with Crippen LogP contribution in [0.1, 0.15) is 0 Å². The molecular formula is C22H19F3O2. The van der Waals surface area contributed by atoms with E-state index in [-0.39, 0.29) is 0 Å². The minimum Gasteiger partial charge on any atom is -0.451 e. The number of esters is 1. The van der Waals surface area contributed by atoms with Crippen molar-refractivity contribution >= 4 is 5.97 Å². The Kier molecular flexibility index (Phi) is 1.34. The lowest BCUT2D eigenvalue weighted by atomic mass is 9.74. The van der Waals surface area contributed by atoms with Gasteiger partial charge in [-0.3, -0.25) is 0 Å². The first-order chi connectivity index (χ1) is 13.0. The fourth-order valence-corrected chi connectivity index (χ4v) is 15.8. The Morgan fingerprint density at radius 1 is 0.556 bits per heavy atom. The van der Waals surface area contributed by atoms with Gasteiger partial charge in [-0.05, 0) is 94.7 Å². The zero-order valence-electron chi connectivity index (χ0n) is 14.4.